The van der Waals surface area contributed by atoms with Crippen LogP contribution in [0.3, 0.4) is 0 Å². The van der Waals surface area contributed by atoms with E-state index in [4.69, 9.17) is 0 Å². The van der Waals surface area contributed by atoms with Crippen molar-refractivity contribution in [2.45, 2.75) is 19.6 Å². The van der Waals surface area contributed by atoms with Crippen LogP contribution in [0.2, 0.25) is 0 Å². The quantitative estimate of drug-likeness (QED) is 0.140. The molecular weight excluding hydrogens is 993 g/mol. The minimum absolute atomic E-state index is 0.0272. The highest BCUT2D eigenvalue weighted by Gasteiger charge is 2.47. The molecule has 0 saturated heterocycles. The Kier molecular flexibility index (Phi) is 11.0. The van der Waals surface area contributed by atoms with Gasteiger partial charge in [0.25, 0.3) is 6.71 Å². The first-order valence-corrected chi connectivity index (χ1v) is 28.8. The maximum Gasteiger partial charge on any atom is 0.252 e. The van der Waals surface area contributed by atoms with Crippen molar-refractivity contribution in [1.29, 1.82) is 0 Å². The SMILES string of the molecule is c1ccc(-c2cc3c4c(c2)N(c2ccccc2-c2ccccc2)c2cc5c(cc2B4c2ccccc2N3c2ccccc2-c2ccccc2)B2c3ccccc3Sc3cc(N(c4ccccc4)c4ccccc4)cc(c32)S5)cc1. The van der Waals surface area contributed by atoms with Gasteiger partial charge in [0.2, 0.25) is 6.71 Å². The fourth-order valence-electron chi connectivity index (χ4n) is 13.0. The summed E-state index contributed by atoms with van der Waals surface area (Å²) in [5, 5.41) is 0. The van der Waals surface area contributed by atoms with Crippen molar-refractivity contribution in [3.05, 3.63) is 285 Å². The lowest BCUT2D eigenvalue weighted by Crippen LogP contribution is -2.64. The third kappa shape index (κ3) is 7.48. The average molecular weight is 1040 g/mol. The Morgan fingerprint density at radius 1 is 0.253 bits per heavy atom. The van der Waals surface area contributed by atoms with Crippen LogP contribution >= 0.6 is 23.5 Å². The molecule has 0 radical (unpaired) electrons. The molecule has 0 aromatic heterocycles. The minimum atomic E-state index is -0.0849. The molecular formula is C72H47B2N3S2. The van der Waals surface area contributed by atoms with Gasteiger partial charge in [-0.15, -0.1) is 0 Å². The van der Waals surface area contributed by atoms with Gasteiger partial charge in [0.05, 0.1) is 11.4 Å². The standard InChI is InChI=1S/C72H47B2N3S2/c1-6-24-48(25-7-1)51-42-65-71-66(43-51)77(62-39-21-17-35-56(62)50-28-10-3-11-29-50)64-47-68-60(46-59(64)73(71)57-36-18-22-40-63(57)76(65)61-38-20-16-34-55(61)49-26-8-2-9-27-49)74-58-37-19-23-41-67(58)78-69-44-54(45-70(79-68)72(69)74)75(52-30-12-4-13-31-52)53-32-14-5-15-33-53/h1-47H. The summed E-state index contributed by atoms with van der Waals surface area (Å²) in [6.07, 6.45) is 0. The molecule has 3 nitrogen and oxygen atoms in total. The molecule has 4 aliphatic heterocycles. The monoisotopic (exact) mass is 1040 g/mol. The maximum atomic E-state index is 2.64. The molecule has 0 N–H and O–H groups in total. The number of hydrogen-bond acceptors (Lipinski definition) is 5. The third-order valence-corrected chi connectivity index (χ3v) is 18.6. The molecule has 7 heteroatoms. The molecule has 12 aromatic carbocycles. The zero-order valence-corrected chi connectivity index (χ0v) is 44.6. The van der Waals surface area contributed by atoms with Crippen LogP contribution < -0.4 is 47.5 Å². The topological polar surface area (TPSA) is 9.72 Å². The number of hydrogen-bond donors (Lipinski definition) is 0. The molecule has 0 amide bonds. The molecule has 79 heavy (non-hydrogen) atoms. The summed E-state index contributed by atoms with van der Waals surface area (Å²) >= 11 is 3.85. The van der Waals surface area contributed by atoms with Crippen molar-refractivity contribution in [3.8, 4) is 33.4 Å². The van der Waals surface area contributed by atoms with Crippen LogP contribution in [0.5, 0.6) is 0 Å². The zero-order valence-electron chi connectivity index (χ0n) is 42.9. The highest BCUT2D eigenvalue weighted by Crippen LogP contribution is 2.51. The van der Waals surface area contributed by atoms with Gasteiger partial charge in [-0.2, -0.15) is 0 Å². The van der Waals surface area contributed by atoms with E-state index in [2.05, 4.69) is 300 Å². The van der Waals surface area contributed by atoms with E-state index in [0.29, 0.717) is 0 Å². The van der Waals surface area contributed by atoms with Gasteiger partial charge in [-0.3, -0.25) is 0 Å². The Balaban J connectivity index is 0.989. The predicted octanol–water partition coefficient (Wildman–Crippen LogP) is 15.7. The van der Waals surface area contributed by atoms with Crippen molar-refractivity contribution in [1.82, 2.24) is 0 Å². The van der Waals surface area contributed by atoms with Gasteiger partial charge in [0, 0.05) is 70.5 Å². The van der Waals surface area contributed by atoms with Crippen molar-refractivity contribution in [2.75, 3.05) is 14.7 Å². The summed E-state index contributed by atoms with van der Waals surface area (Å²) in [4.78, 5) is 12.8. The zero-order chi connectivity index (χ0) is 52.0. The first kappa shape index (κ1) is 46.0. The predicted molar refractivity (Wildman–Crippen MR) is 337 cm³/mol. The normalized spacial score (nSPS) is 13.1. The smallest absolute Gasteiger partial charge is 0.252 e. The molecule has 368 valence electrons. The van der Waals surface area contributed by atoms with Crippen molar-refractivity contribution < 1.29 is 0 Å². The molecule has 0 aliphatic carbocycles. The van der Waals surface area contributed by atoms with E-state index in [1.54, 1.807) is 0 Å². The van der Waals surface area contributed by atoms with E-state index >= 15 is 0 Å². The van der Waals surface area contributed by atoms with E-state index in [0.717, 1.165) is 28.4 Å². The van der Waals surface area contributed by atoms with Crippen LogP contribution in [0.4, 0.5) is 51.2 Å². The second-order valence-electron chi connectivity index (χ2n) is 20.7. The first-order chi connectivity index (χ1) is 39.2. The van der Waals surface area contributed by atoms with Gasteiger partial charge in [-0.1, -0.05) is 241 Å². The summed E-state index contributed by atoms with van der Waals surface area (Å²) in [5.41, 5.74) is 25.5. The molecule has 0 atom stereocenters. The number of anilines is 9. The maximum absolute atomic E-state index is 2.64. The van der Waals surface area contributed by atoms with Gasteiger partial charge in [0.15, 0.2) is 0 Å². The number of benzene rings is 12. The Morgan fingerprint density at radius 2 is 0.696 bits per heavy atom. The van der Waals surface area contributed by atoms with Gasteiger partial charge in [-0.05, 0) is 123 Å². The summed E-state index contributed by atoms with van der Waals surface area (Å²) in [5.74, 6) is 0. The van der Waals surface area contributed by atoms with Crippen LogP contribution in [0, 0.1) is 0 Å². The Labute approximate surface area is 470 Å². The lowest BCUT2D eigenvalue weighted by atomic mass is 9.31. The van der Waals surface area contributed by atoms with Crippen LogP contribution in [0.1, 0.15) is 0 Å². The number of para-hydroxylation sites is 5. The lowest BCUT2D eigenvalue weighted by Gasteiger charge is -2.46. The third-order valence-electron chi connectivity index (χ3n) is 16.3. The van der Waals surface area contributed by atoms with Gasteiger partial charge in [-0.25, -0.2) is 0 Å². The molecule has 12 aromatic rings. The van der Waals surface area contributed by atoms with E-state index in [9.17, 15) is 0 Å². The fourth-order valence-corrected chi connectivity index (χ4v) is 15.5. The van der Waals surface area contributed by atoms with E-state index < -0.39 is 0 Å². The summed E-state index contributed by atoms with van der Waals surface area (Å²) in [6, 6.07) is 106. The Morgan fingerprint density at radius 3 is 1.28 bits per heavy atom. The second-order valence-corrected chi connectivity index (χ2v) is 22.9. The van der Waals surface area contributed by atoms with E-state index in [1.807, 2.05) is 23.5 Å². The molecule has 0 unspecified atom stereocenters. The summed E-state index contributed by atoms with van der Waals surface area (Å²) in [7, 11) is 0. The summed E-state index contributed by atoms with van der Waals surface area (Å²) < 4.78 is 0. The first-order valence-electron chi connectivity index (χ1n) is 27.1. The van der Waals surface area contributed by atoms with Crippen LogP contribution in [0.25, 0.3) is 33.4 Å². The van der Waals surface area contributed by atoms with Crippen molar-refractivity contribution >= 4 is 121 Å². The molecule has 0 spiro atoms. The highest BCUT2D eigenvalue weighted by molar-refractivity contribution is 8.01. The van der Waals surface area contributed by atoms with Crippen molar-refractivity contribution in [3.63, 3.8) is 0 Å². The van der Waals surface area contributed by atoms with Crippen LogP contribution in [-0.4, -0.2) is 13.4 Å². The van der Waals surface area contributed by atoms with E-state index in [1.165, 1.54) is 108 Å². The highest BCUT2D eigenvalue weighted by atomic mass is 32.2. The average Bonchev–Trinajstić information content (AvgIpc) is 3.71. The molecule has 4 heterocycles. The number of nitrogens with zero attached hydrogens (tertiary/aromatic N) is 3. The fraction of sp³-hybridized carbons (Fsp3) is 0. The minimum Gasteiger partial charge on any atom is -0.311 e. The van der Waals surface area contributed by atoms with Gasteiger partial charge in [0.1, 0.15) is 0 Å². The molecule has 0 fully saturated rings. The van der Waals surface area contributed by atoms with Gasteiger partial charge >= 0.3 is 0 Å². The molecule has 0 saturated carbocycles. The van der Waals surface area contributed by atoms with E-state index in [-0.39, 0.29) is 13.4 Å². The molecule has 4 aliphatic rings. The number of fused-ring (bicyclic) bond motifs is 8. The Bertz CT molecular complexity index is 4310. The Hall–Kier alpha value is -9.13. The lowest BCUT2D eigenvalue weighted by molar-refractivity contribution is 1.23. The van der Waals surface area contributed by atoms with Gasteiger partial charge < -0.3 is 14.7 Å². The molecule has 16 rings (SSSR count). The second kappa shape index (κ2) is 18.8. The summed E-state index contributed by atoms with van der Waals surface area (Å²) in [6.45, 7) is -0.0576. The van der Waals surface area contributed by atoms with Crippen LogP contribution in [-0.2, 0) is 0 Å². The van der Waals surface area contributed by atoms with Crippen molar-refractivity contribution in [2.24, 2.45) is 0 Å². The van der Waals surface area contributed by atoms with Crippen LogP contribution in [0.15, 0.2) is 305 Å². The number of rotatable bonds is 8. The largest absolute Gasteiger partial charge is 0.311 e. The molecule has 0 bridgehead atoms.